The minimum absolute atomic E-state index is 0.00589. The van der Waals surface area contributed by atoms with E-state index in [2.05, 4.69) is 15.3 Å². The van der Waals surface area contributed by atoms with Gasteiger partial charge in [0.15, 0.2) is 17.4 Å². The van der Waals surface area contributed by atoms with E-state index >= 15 is 0 Å². The minimum atomic E-state index is -0.857. The Morgan fingerprint density at radius 1 is 1.25 bits per heavy atom. The van der Waals surface area contributed by atoms with E-state index in [9.17, 15) is 8.78 Å². The highest BCUT2D eigenvalue weighted by atomic mass is 19.1. The van der Waals surface area contributed by atoms with Crippen molar-refractivity contribution >= 4 is 17.6 Å². The van der Waals surface area contributed by atoms with Crippen LogP contribution in [0.1, 0.15) is 0 Å². The predicted octanol–water partition coefficient (Wildman–Crippen LogP) is 1.00. The quantitative estimate of drug-likeness (QED) is 0.765. The van der Waals surface area contributed by atoms with Gasteiger partial charge in [-0.05, 0) is 19.2 Å². The van der Waals surface area contributed by atoms with Crippen molar-refractivity contribution in [3.63, 3.8) is 0 Å². The maximum absolute atomic E-state index is 14.7. The van der Waals surface area contributed by atoms with E-state index in [0.29, 0.717) is 24.9 Å². The molecule has 7 nitrogen and oxygen atoms in total. The van der Waals surface area contributed by atoms with Gasteiger partial charge in [0.2, 0.25) is 5.95 Å². The summed E-state index contributed by atoms with van der Waals surface area (Å²) in [7, 11) is 3.05. The minimum Gasteiger partial charge on any atom is -0.491 e. The number of hydrogen-bond acceptors (Lipinski definition) is 7. The molecule has 1 aliphatic heterocycles. The number of nitrogens with one attached hydrogen (secondary N) is 1. The fourth-order valence-corrected chi connectivity index (χ4v) is 2.72. The van der Waals surface area contributed by atoms with E-state index in [-0.39, 0.29) is 22.9 Å². The number of rotatable bonds is 4. The smallest absolute Gasteiger partial charge is 0.223 e. The van der Waals surface area contributed by atoms with Crippen LogP contribution in [0.4, 0.5) is 26.4 Å². The van der Waals surface area contributed by atoms with Gasteiger partial charge in [0.05, 0.1) is 12.7 Å². The lowest BCUT2D eigenvalue weighted by atomic mass is 10.0. The fourth-order valence-electron chi connectivity index (χ4n) is 2.72. The average molecular weight is 336 g/mol. The first kappa shape index (κ1) is 16.2. The Morgan fingerprint density at radius 2 is 1.96 bits per heavy atom. The Labute approximate surface area is 137 Å². The van der Waals surface area contributed by atoms with Crippen molar-refractivity contribution < 1.29 is 13.5 Å². The number of aromatic nitrogens is 2. The molecule has 24 heavy (non-hydrogen) atoms. The number of halogens is 2. The molecule has 1 aliphatic rings. The first-order valence-electron chi connectivity index (χ1n) is 7.33. The molecule has 0 atom stereocenters. The van der Waals surface area contributed by atoms with Crippen molar-refractivity contribution in [3.05, 3.63) is 23.8 Å². The molecule has 0 spiro atoms. The number of likely N-dealkylation sites (N-methyl/N-ethyl adjacent to an activating group) is 1. The molecule has 0 radical (unpaired) electrons. The predicted molar refractivity (Wildman–Crippen MR) is 87.8 cm³/mol. The van der Waals surface area contributed by atoms with Crippen molar-refractivity contribution in [2.75, 3.05) is 43.6 Å². The highest BCUT2D eigenvalue weighted by Crippen LogP contribution is 2.40. The molecular formula is C15H18F2N6O. The number of hydrogen-bond donors (Lipinski definition) is 3. The van der Waals surface area contributed by atoms with E-state index in [4.69, 9.17) is 16.2 Å². The monoisotopic (exact) mass is 336 g/mol. The first-order chi connectivity index (χ1) is 11.5. The SMILES string of the molecule is CNC1CN(c2nc(N)nc(N)c2-c2ccc(F)c(OC)c2F)C1. The van der Waals surface area contributed by atoms with E-state index in [0.717, 1.165) is 6.07 Å². The number of nitrogens with two attached hydrogens (primary N) is 2. The Hall–Kier alpha value is -2.68. The number of ether oxygens (including phenoxy) is 1. The third-order valence-electron chi connectivity index (χ3n) is 4.05. The van der Waals surface area contributed by atoms with Gasteiger partial charge in [0, 0.05) is 24.7 Å². The number of methoxy groups -OCH3 is 1. The summed E-state index contributed by atoms with van der Waals surface area (Å²) < 4.78 is 33.1. The number of nitrogen functional groups attached to an aromatic ring is 2. The summed E-state index contributed by atoms with van der Waals surface area (Å²) in [5.41, 5.74) is 12.0. The summed E-state index contributed by atoms with van der Waals surface area (Å²) in [6.45, 7) is 1.33. The van der Waals surface area contributed by atoms with E-state index < -0.39 is 17.4 Å². The third-order valence-corrected chi connectivity index (χ3v) is 4.05. The molecule has 9 heteroatoms. The van der Waals surface area contributed by atoms with Gasteiger partial charge in [-0.15, -0.1) is 0 Å². The zero-order valence-corrected chi connectivity index (χ0v) is 13.3. The van der Waals surface area contributed by atoms with Gasteiger partial charge >= 0.3 is 0 Å². The van der Waals surface area contributed by atoms with Gasteiger partial charge in [-0.3, -0.25) is 0 Å². The highest BCUT2D eigenvalue weighted by molar-refractivity contribution is 5.86. The van der Waals surface area contributed by atoms with Gasteiger partial charge in [0.1, 0.15) is 11.6 Å². The molecule has 1 saturated heterocycles. The largest absolute Gasteiger partial charge is 0.491 e. The van der Waals surface area contributed by atoms with Crippen LogP contribution in [-0.4, -0.2) is 43.3 Å². The summed E-state index contributed by atoms with van der Waals surface area (Å²) in [6, 6.07) is 2.70. The first-order valence-corrected chi connectivity index (χ1v) is 7.33. The van der Waals surface area contributed by atoms with E-state index in [1.54, 1.807) is 0 Å². The van der Waals surface area contributed by atoms with Gasteiger partial charge in [-0.1, -0.05) is 0 Å². The fraction of sp³-hybridized carbons (Fsp3) is 0.333. The van der Waals surface area contributed by atoms with Crippen molar-refractivity contribution in [2.45, 2.75) is 6.04 Å². The van der Waals surface area contributed by atoms with Crippen LogP contribution < -0.4 is 26.4 Å². The van der Waals surface area contributed by atoms with Crippen LogP contribution in [0.25, 0.3) is 11.1 Å². The van der Waals surface area contributed by atoms with Crippen LogP contribution in [-0.2, 0) is 0 Å². The number of anilines is 3. The summed E-state index contributed by atoms with van der Waals surface area (Å²) in [5.74, 6) is -1.70. The average Bonchev–Trinajstić information content (AvgIpc) is 2.48. The van der Waals surface area contributed by atoms with E-state index in [1.165, 1.54) is 13.2 Å². The lowest BCUT2D eigenvalue weighted by Crippen LogP contribution is -2.57. The molecule has 0 unspecified atom stereocenters. The molecule has 0 amide bonds. The molecule has 2 heterocycles. The Balaban J connectivity index is 2.15. The second kappa shape index (κ2) is 6.08. The standard InChI is InChI=1S/C15H18F2N6O/c1-20-7-5-23(6-7)14-10(13(18)21-15(19)22-14)8-3-4-9(16)12(24-2)11(8)17/h3-4,7,20H,5-6H2,1-2H3,(H4,18,19,21,22). The maximum Gasteiger partial charge on any atom is 0.223 e. The van der Waals surface area contributed by atoms with Crippen LogP contribution in [0, 0.1) is 11.6 Å². The molecule has 0 saturated carbocycles. The molecule has 1 fully saturated rings. The molecule has 5 N–H and O–H groups in total. The van der Waals surface area contributed by atoms with Crippen molar-refractivity contribution in [1.82, 2.24) is 15.3 Å². The van der Waals surface area contributed by atoms with Crippen LogP contribution in [0.5, 0.6) is 5.75 Å². The Morgan fingerprint density at radius 3 is 2.58 bits per heavy atom. The molecule has 1 aromatic heterocycles. The number of benzene rings is 1. The number of nitrogens with zero attached hydrogens (tertiary/aromatic N) is 3. The van der Waals surface area contributed by atoms with Crippen LogP contribution >= 0.6 is 0 Å². The molecule has 2 aromatic rings. The van der Waals surface area contributed by atoms with Crippen LogP contribution in [0.15, 0.2) is 12.1 Å². The summed E-state index contributed by atoms with van der Waals surface area (Å²) >= 11 is 0. The van der Waals surface area contributed by atoms with Gasteiger partial charge in [-0.2, -0.15) is 9.97 Å². The highest BCUT2D eigenvalue weighted by Gasteiger charge is 2.31. The van der Waals surface area contributed by atoms with Gasteiger partial charge < -0.3 is 26.4 Å². The van der Waals surface area contributed by atoms with Gasteiger partial charge in [0.25, 0.3) is 0 Å². The summed E-state index contributed by atoms with van der Waals surface area (Å²) in [6.07, 6.45) is 0. The topological polar surface area (TPSA) is 102 Å². The summed E-state index contributed by atoms with van der Waals surface area (Å²) in [4.78, 5) is 10.0. The molecular weight excluding hydrogens is 318 g/mol. The third kappa shape index (κ3) is 2.56. The molecule has 3 rings (SSSR count). The van der Waals surface area contributed by atoms with Crippen molar-refractivity contribution in [1.29, 1.82) is 0 Å². The van der Waals surface area contributed by atoms with Crippen molar-refractivity contribution in [2.24, 2.45) is 0 Å². The molecule has 0 bridgehead atoms. The lowest BCUT2D eigenvalue weighted by Gasteiger charge is -2.40. The second-order valence-corrected chi connectivity index (χ2v) is 5.50. The zero-order valence-electron chi connectivity index (χ0n) is 13.3. The Bertz CT molecular complexity index is 779. The van der Waals surface area contributed by atoms with E-state index in [1.807, 2.05) is 11.9 Å². The normalized spacial score (nSPS) is 14.6. The van der Waals surface area contributed by atoms with Crippen LogP contribution in [0.2, 0.25) is 0 Å². The van der Waals surface area contributed by atoms with Crippen molar-refractivity contribution in [3.8, 4) is 16.9 Å². The summed E-state index contributed by atoms with van der Waals surface area (Å²) in [5, 5.41) is 3.14. The lowest BCUT2D eigenvalue weighted by molar-refractivity contribution is 0.360. The zero-order chi connectivity index (χ0) is 17.4. The van der Waals surface area contributed by atoms with Gasteiger partial charge in [-0.25, -0.2) is 8.78 Å². The Kier molecular flexibility index (Phi) is 4.10. The molecule has 128 valence electrons. The van der Waals surface area contributed by atoms with Crippen LogP contribution in [0.3, 0.4) is 0 Å². The molecule has 0 aliphatic carbocycles. The maximum atomic E-state index is 14.7. The second-order valence-electron chi connectivity index (χ2n) is 5.50. The molecule has 1 aromatic carbocycles.